The second-order valence-corrected chi connectivity index (χ2v) is 6.92. The Morgan fingerprint density at radius 3 is 2.38 bits per heavy atom. The largest absolute Gasteiger partial charge is 0.392 e. The zero-order valence-corrected chi connectivity index (χ0v) is 12.7. The Bertz CT molecular complexity index is 629. The third kappa shape index (κ3) is 2.85. The molecule has 0 radical (unpaired) electrons. The first-order valence-electron chi connectivity index (χ1n) is 7.61. The van der Waals surface area contributed by atoms with Crippen molar-refractivity contribution in [3.8, 4) is 0 Å². The fraction of sp³-hybridized carbons (Fsp3) is 0.500. The maximum absolute atomic E-state index is 9.07. The SMILES string of the molecule is OCc1ccc(CSc2nnc(C3CC3)n2C2CC2)cc1. The van der Waals surface area contributed by atoms with Gasteiger partial charge in [-0.05, 0) is 36.8 Å². The molecule has 21 heavy (non-hydrogen) atoms. The molecular weight excluding hydrogens is 282 g/mol. The van der Waals surface area contributed by atoms with Crippen LogP contribution in [0.1, 0.15) is 54.6 Å². The van der Waals surface area contributed by atoms with Crippen molar-refractivity contribution in [2.75, 3.05) is 0 Å². The minimum atomic E-state index is 0.105. The van der Waals surface area contributed by atoms with Crippen LogP contribution < -0.4 is 0 Å². The van der Waals surface area contributed by atoms with Crippen LogP contribution in [0.15, 0.2) is 29.4 Å². The maximum atomic E-state index is 9.07. The van der Waals surface area contributed by atoms with Crippen molar-refractivity contribution in [2.24, 2.45) is 0 Å². The van der Waals surface area contributed by atoms with E-state index in [1.54, 1.807) is 11.8 Å². The minimum absolute atomic E-state index is 0.105. The molecule has 110 valence electrons. The van der Waals surface area contributed by atoms with Crippen LogP contribution in [0.5, 0.6) is 0 Å². The van der Waals surface area contributed by atoms with Gasteiger partial charge in [-0.3, -0.25) is 0 Å². The Labute approximate surface area is 128 Å². The molecule has 2 saturated carbocycles. The number of hydrogen-bond donors (Lipinski definition) is 1. The molecule has 1 heterocycles. The molecule has 2 aliphatic rings. The maximum Gasteiger partial charge on any atom is 0.191 e. The van der Waals surface area contributed by atoms with E-state index in [2.05, 4.69) is 26.9 Å². The highest BCUT2D eigenvalue weighted by Crippen LogP contribution is 2.46. The Kier molecular flexibility index (Phi) is 3.47. The number of aliphatic hydroxyl groups excluding tert-OH is 1. The molecule has 2 aliphatic carbocycles. The number of aromatic nitrogens is 3. The van der Waals surface area contributed by atoms with Crippen LogP contribution in [0.4, 0.5) is 0 Å². The van der Waals surface area contributed by atoms with E-state index in [1.807, 2.05) is 12.1 Å². The summed E-state index contributed by atoms with van der Waals surface area (Å²) in [6.45, 7) is 0.105. The highest BCUT2D eigenvalue weighted by molar-refractivity contribution is 7.98. The summed E-state index contributed by atoms with van der Waals surface area (Å²) in [7, 11) is 0. The second kappa shape index (κ2) is 5.46. The number of benzene rings is 1. The Hall–Kier alpha value is -1.33. The van der Waals surface area contributed by atoms with Crippen LogP contribution in [0.2, 0.25) is 0 Å². The van der Waals surface area contributed by atoms with E-state index in [1.165, 1.54) is 37.1 Å². The normalized spacial score (nSPS) is 18.1. The highest BCUT2D eigenvalue weighted by Gasteiger charge is 2.36. The number of rotatable bonds is 6. The molecule has 0 bridgehead atoms. The third-order valence-corrected chi connectivity index (χ3v) is 5.13. The fourth-order valence-corrected chi connectivity index (χ4v) is 3.54. The summed E-state index contributed by atoms with van der Waals surface area (Å²) in [4.78, 5) is 0. The average Bonchev–Trinajstić information content (AvgIpc) is 3.44. The quantitative estimate of drug-likeness (QED) is 0.832. The summed E-state index contributed by atoms with van der Waals surface area (Å²) < 4.78 is 2.39. The summed E-state index contributed by atoms with van der Waals surface area (Å²) >= 11 is 1.77. The second-order valence-electron chi connectivity index (χ2n) is 5.98. The molecule has 0 amide bonds. The van der Waals surface area contributed by atoms with Crippen LogP contribution in [-0.4, -0.2) is 19.9 Å². The molecular formula is C16H19N3OS. The van der Waals surface area contributed by atoms with Gasteiger partial charge in [0.2, 0.25) is 0 Å². The van der Waals surface area contributed by atoms with Gasteiger partial charge in [-0.2, -0.15) is 0 Å². The molecule has 0 spiro atoms. The molecule has 1 aromatic heterocycles. The van der Waals surface area contributed by atoms with Crippen LogP contribution in [0.3, 0.4) is 0 Å². The predicted octanol–water partition coefficient (Wildman–Crippen LogP) is 3.28. The van der Waals surface area contributed by atoms with Gasteiger partial charge in [0, 0.05) is 17.7 Å². The molecule has 1 N–H and O–H groups in total. The number of thioether (sulfide) groups is 1. The highest BCUT2D eigenvalue weighted by atomic mass is 32.2. The van der Waals surface area contributed by atoms with Crippen LogP contribution in [0, 0.1) is 0 Å². The lowest BCUT2D eigenvalue weighted by Crippen LogP contribution is -2.01. The molecule has 4 nitrogen and oxygen atoms in total. The van der Waals surface area contributed by atoms with E-state index in [0.717, 1.165) is 16.5 Å². The van der Waals surface area contributed by atoms with Gasteiger partial charge >= 0.3 is 0 Å². The number of nitrogens with zero attached hydrogens (tertiary/aromatic N) is 3. The molecule has 0 atom stereocenters. The summed E-state index contributed by atoms with van der Waals surface area (Å²) in [6, 6.07) is 8.78. The van der Waals surface area contributed by atoms with Gasteiger partial charge in [0.15, 0.2) is 5.16 Å². The van der Waals surface area contributed by atoms with Crippen molar-refractivity contribution in [1.29, 1.82) is 0 Å². The fourth-order valence-electron chi connectivity index (χ4n) is 2.57. The van der Waals surface area contributed by atoms with Gasteiger partial charge in [-0.25, -0.2) is 0 Å². The smallest absolute Gasteiger partial charge is 0.191 e. The summed E-state index contributed by atoms with van der Waals surface area (Å²) in [5.41, 5.74) is 2.22. The van der Waals surface area contributed by atoms with Gasteiger partial charge in [-0.15, -0.1) is 10.2 Å². The summed E-state index contributed by atoms with van der Waals surface area (Å²) in [5.74, 6) is 2.79. The van der Waals surface area contributed by atoms with Gasteiger partial charge in [0.25, 0.3) is 0 Å². The molecule has 2 fully saturated rings. The zero-order valence-electron chi connectivity index (χ0n) is 11.9. The van der Waals surface area contributed by atoms with Gasteiger partial charge in [0.05, 0.1) is 6.61 Å². The first kappa shape index (κ1) is 13.3. The Morgan fingerprint density at radius 2 is 1.76 bits per heavy atom. The lowest BCUT2D eigenvalue weighted by atomic mass is 10.2. The van der Waals surface area contributed by atoms with Gasteiger partial charge < -0.3 is 9.67 Å². The van der Waals surface area contributed by atoms with E-state index in [9.17, 15) is 0 Å². The Morgan fingerprint density at radius 1 is 1.05 bits per heavy atom. The van der Waals surface area contributed by atoms with E-state index in [0.29, 0.717) is 12.0 Å². The zero-order chi connectivity index (χ0) is 14.2. The molecule has 5 heteroatoms. The minimum Gasteiger partial charge on any atom is -0.392 e. The molecule has 0 unspecified atom stereocenters. The van der Waals surface area contributed by atoms with Crippen molar-refractivity contribution in [1.82, 2.24) is 14.8 Å². The van der Waals surface area contributed by atoms with Gasteiger partial charge in [-0.1, -0.05) is 36.0 Å². The van der Waals surface area contributed by atoms with E-state index >= 15 is 0 Å². The lowest BCUT2D eigenvalue weighted by molar-refractivity contribution is 0.282. The third-order valence-electron chi connectivity index (χ3n) is 4.12. The first-order chi connectivity index (χ1) is 10.3. The van der Waals surface area contributed by atoms with E-state index in [-0.39, 0.29) is 6.61 Å². The molecule has 1 aromatic carbocycles. The predicted molar refractivity (Wildman–Crippen MR) is 82.2 cm³/mol. The van der Waals surface area contributed by atoms with Crippen molar-refractivity contribution in [3.63, 3.8) is 0 Å². The van der Waals surface area contributed by atoms with Gasteiger partial charge in [0.1, 0.15) is 5.82 Å². The average molecular weight is 301 g/mol. The summed E-state index contributed by atoms with van der Waals surface area (Å²) in [6.07, 6.45) is 5.10. The standard InChI is InChI=1S/C16H19N3OS/c20-9-11-1-3-12(4-2-11)10-21-16-18-17-15(13-5-6-13)19(16)14-7-8-14/h1-4,13-14,20H,5-10H2. The summed E-state index contributed by atoms with van der Waals surface area (Å²) in [5, 5.41) is 19.0. The van der Waals surface area contributed by atoms with Crippen molar-refractivity contribution >= 4 is 11.8 Å². The topological polar surface area (TPSA) is 50.9 Å². The van der Waals surface area contributed by atoms with Crippen LogP contribution >= 0.6 is 11.8 Å². The van der Waals surface area contributed by atoms with Crippen molar-refractivity contribution < 1.29 is 5.11 Å². The van der Waals surface area contributed by atoms with Crippen LogP contribution in [-0.2, 0) is 12.4 Å². The molecule has 2 aromatic rings. The van der Waals surface area contributed by atoms with Crippen molar-refractivity contribution in [3.05, 3.63) is 41.2 Å². The first-order valence-corrected chi connectivity index (χ1v) is 8.60. The lowest BCUT2D eigenvalue weighted by Gasteiger charge is -2.08. The number of aliphatic hydroxyl groups is 1. The monoisotopic (exact) mass is 301 g/mol. The molecule has 0 saturated heterocycles. The van der Waals surface area contributed by atoms with Crippen molar-refractivity contribution in [2.45, 2.75) is 55.2 Å². The molecule has 4 rings (SSSR count). The van der Waals surface area contributed by atoms with E-state index < -0.39 is 0 Å². The van der Waals surface area contributed by atoms with E-state index in [4.69, 9.17) is 5.11 Å². The molecule has 0 aliphatic heterocycles. The van der Waals surface area contributed by atoms with Crippen LogP contribution in [0.25, 0.3) is 0 Å². The number of hydrogen-bond acceptors (Lipinski definition) is 4. The Balaban J connectivity index is 1.48.